The number of hydrogen-bond donors (Lipinski definition) is 0. The van der Waals surface area contributed by atoms with Crippen LogP contribution in [-0.2, 0) is 9.53 Å². The number of benzene rings is 1. The lowest BCUT2D eigenvalue weighted by Gasteiger charge is -2.13. The maximum absolute atomic E-state index is 11.2. The van der Waals surface area contributed by atoms with Crippen molar-refractivity contribution in [3.05, 3.63) is 24.3 Å². The normalized spacial score (nSPS) is 9.94. The third kappa shape index (κ3) is 3.90. The summed E-state index contributed by atoms with van der Waals surface area (Å²) >= 11 is 0. The summed E-state index contributed by atoms with van der Waals surface area (Å²) in [5.74, 6) is 0.619. The van der Waals surface area contributed by atoms with Crippen molar-refractivity contribution < 1.29 is 14.3 Å². The van der Waals surface area contributed by atoms with Gasteiger partial charge in [0.1, 0.15) is 19.0 Å². The number of carbonyl (C=O) groups excluding carboxylic acids is 1. The maximum Gasteiger partial charge on any atom is 0.195 e. The van der Waals surface area contributed by atoms with E-state index in [2.05, 4.69) is 0 Å². The molecule has 1 aromatic rings. The molecule has 0 unspecified atom stereocenters. The molecule has 0 bridgehead atoms. The second-order valence-corrected chi connectivity index (χ2v) is 3.65. The molecule has 0 aliphatic heterocycles. The van der Waals surface area contributed by atoms with Crippen LogP contribution >= 0.6 is 0 Å². The van der Waals surface area contributed by atoms with Crippen molar-refractivity contribution in [2.45, 2.75) is 0 Å². The molecular weight excluding hydrogens is 206 g/mol. The number of carbonyl (C=O) groups is 1. The lowest BCUT2D eigenvalue weighted by atomic mass is 10.3. The Kier molecular flexibility index (Phi) is 4.79. The highest BCUT2D eigenvalue weighted by Crippen LogP contribution is 2.19. The van der Waals surface area contributed by atoms with Crippen molar-refractivity contribution in [2.75, 3.05) is 39.3 Å². The van der Waals surface area contributed by atoms with Crippen molar-refractivity contribution in [3.8, 4) is 5.75 Å². The quantitative estimate of drug-likeness (QED) is 0.729. The average molecular weight is 223 g/mol. The third-order valence-electron chi connectivity index (χ3n) is 2.04. The first-order valence-corrected chi connectivity index (χ1v) is 5.04. The Labute approximate surface area is 95.8 Å². The zero-order chi connectivity index (χ0) is 12.0. The second kappa shape index (κ2) is 6.12. The highest BCUT2D eigenvalue weighted by molar-refractivity contribution is 5.81. The Morgan fingerprint density at radius 3 is 2.69 bits per heavy atom. The fourth-order valence-corrected chi connectivity index (χ4v) is 1.22. The van der Waals surface area contributed by atoms with Crippen molar-refractivity contribution >= 4 is 11.5 Å². The molecule has 0 heterocycles. The molecule has 1 rings (SSSR count). The van der Waals surface area contributed by atoms with Gasteiger partial charge in [-0.2, -0.15) is 0 Å². The van der Waals surface area contributed by atoms with Gasteiger partial charge in [0, 0.05) is 33.0 Å². The average Bonchev–Trinajstić information content (AvgIpc) is 2.27. The predicted molar refractivity (Wildman–Crippen MR) is 63.1 cm³/mol. The van der Waals surface area contributed by atoms with E-state index < -0.39 is 0 Å². The molecule has 4 heteroatoms. The summed E-state index contributed by atoms with van der Waals surface area (Å²) in [6, 6.07) is 7.59. The SMILES string of the molecule is COCC(=O)COc1cccc(N(C)C)c1. The number of ether oxygens (including phenoxy) is 2. The number of methoxy groups -OCH3 is 1. The van der Waals surface area contributed by atoms with Gasteiger partial charge < -0.3 is 14.4 Å². The van der Waals surface area contributed by atoms with Gasteiger partial charge in [0.15, 0.2) is 5.78 Å². The van der Waals surface area contributed by atoms with Crippen molar-refractivity contribution in [3.63, 3.8) is 0 Å². The fourth-order valence-electron chi connectivity index (χ4n) is 1.22. The molecule has 0 fully saturated rings. The molecule has 0 atom stereocenters. The molecule has 88 valence electrons. The van der Waals surface area contributed by atoms with E-state index in [0.717, 1.165) is 5.69 Å². The van der Waals surface area contributed by atoms with Crippen LogP contribution in [0, 0.1) is 0 Å². The van der Waals surface area contributed by atoms with E-state index in [-0.39, 0.29) is 19.0 Å². The lowest BCUT2D eigenvalue weighted by molar-refractivity contribution is -0.124. The molecular formula is C12H17NO3. The Hall–Kier alpha value is -1.55. The van der Waals surface area contributed by atoms with Crippen molar-refractivity contribution in [1.82, 2.24) is 0 Å². The molecule has 0 spiro atoms. The van der Waals surface area contributed by atoms with Crippen LogP contribution in [0.2, 0.25) is 0 Å². The molecule has 0 aromatic heterocycles. The Balaban J connectivity index is 2.54. The van der Waals surface area contributed by atoms with Crippen molar-refractivity contribution in [1.29, 1.82) is 0 Å². The van der Waals surface area contributed by atoms with Gasteiger partial charge in [-0.05, 0) is 12.1 Å². The highest BCUT2D eigenvalue weighted by Gasteiger charge is 2.03. The minimum Gasteiger partial charge on any atom is -0.486 e. The first kappa shape index (κ1) is 12.5. The van der Waals surface area contributed by atoms with Gasteiger partial charge in [0.2, 0.25) is 0 Å². The number of nitrogens with zero attached hydrogens (tertiary/aromatic N) is 1. The third-order valence-corrected chi connectivity index (χ3v) is 2.04. The first-order valence-electron chi connectivity index (χ1n) is 5.04. The molecule has 0 amide bonds. The topological polar surface area (TPSA) is 38.8 Å². The summed E-state index contributed by atoms with van der Waals surface area (Å²) in [6.07, 6.45) is 0. The standard InChI is InChI=1S/C12H17NO3/c1-13(2)10-5-4-6-12(7-10)16-9-11(14)8-15-3/h4-7H,8-9H2,1-3H3. The van der Waals surface area contributed by atoms with Crippen molar-refractivity contribution in [2.24, 2.45) is 0 Å². The molecule has 1 aromatic carbocycles. The van der Waals surface area contributed by atoms with E-state index in [1.807, 2.05) is 43.3 Å². The smallest absolute Gasteiger partial charge is 0.195 e. The van der Waals surface area contributed by atoms with Crippen LogP contribution in [-0.4, -0.2) is 40.2 Å². The van der Waals surface area contributed by atoms with E-state index >= 15 is 0 Å². The van der Waals surface area contributed by atoms with Gasteiger partial charge in [0.05, 0.1) is 0 Å². The number of hydrogen-bond acceptors (Lipinski definition) is 4. The molecule has 4 nitrogen and oxygen atoms in total. The van der Waals surface area contributed by atoms with Crippen LogP contribution in [0.5, 0.6) is 5.75 Å². The van der Waals surface area contributed by atoms with Gasteiger partial charge in [-0.15, -0.1) is 0 Å². The van der Waals surface area contributed by atoms with E-state index in [4.69, 9.17) is 9.47 Å². The summed E-state index contributed by atoms with van der Waals surface area (Å²) in [4.78, 5) is 13.2. The minimum atomic E-state index is -0.0715. The molecule has 0 aliphatic rings. The van der Waals surface area contributed by atoms with Crippen LogP contribution < -0.4 is 9.64 Å². The number of anilines is 1. The van der Waals surface area contributed by atoms with E-state index in [9.17, 15) is 4.79 Å². The zero-order valence-corrected chi connectivity index (χ0v) is 9.90. The highest BCUT2D eigenvalue weighted by atomic mass is 16.5. The zero-order valence-electron chi connectivity index (χ0n) is 9.90. The van der Waals surface area contributed by atoms with Crippen LogP contribution in [0.3, 0.4) is 0 Å². The van der Waals surface area contributed by atoms with Gasteiger partial charge in [-0.3, -0.25) is 4.79 Å². The molecule has 0 saturated heterocycles. The van der Waals surface area contributed by atoms with Crippen LogP contribution in [0.15, 0.2) is 24.3 Å². The monoisotopic (exact) mass is 223 g/mol. The summed E-state index contributed by atoms with van der Waals surface area (Å²) in [5, 5.41) is 0. The van der Waals surface area contributed by atoms with E-state index in [1.165, 1.54) is 7.11 Å². The largest absolute Gasteiger partial charge is 0.486 e. The number of rotatable bonds is 6. The maximum atomic E-state index is 11.2. The fraction of sp³-hybridized carbons (Fsp3) is 0.417. The van der Waals surface area contributed by atoms with Crippen LogP contribution in [0.25, 0.3) is 0 Å². The number of Topliss-reactive ketones (excluding diaryl/α,β-unsaturated/α-hetero) is 1. The summed E-state index contributed by atoms with van der Waals surface area (Å²) in [6.45, 7) is 0.137. The molecule has 0 radical (unpaired) electrons. The Morgan fingerprint density at radius 1 is 1.31 bits per heavy atom. The van der Waals surface area contributed by atoms with Gasteiger partial charge in [-0.25, -0.2) is 0 Å². The van der Waals surface area contributed by atoms with E-state index in [1.54, 1.807) is 0 Å². The molecule has 0 N–H and O–H groups in total. The summed E-state index contributed by atoms with van der Waals surface area (Å²) in [5.41, 5.74) is 1.04. The Morgan fingerprint density at radius 2 is 2.06 bits per heavy atom. The second-order valence-electron chi connectivity index (χ2n) is 3.65. The molecule has 0 saturated carbocycles. The van der Waals surface area contributed by atoms with Gasteiger partial charge >= 0.3 is 0 Å². The van der Waals surface area contributed by atoms with Crippen LogP contribution in [0.4, 0.5) is 5.69 Å². The lowest BCUT2D eigenvalue weighted by Crippen LogP contribution is -2.16. The van der Waals surface area contributed by atoms with Gasteiger partial charge in [0.25, 0.3) is 0 Å². The first-order chi connectivity index (χ1) is 7.63. The summed E-state index contributed by atoms with van der Waals surface area (Å²) in [7, 11) is 5.40. The van der Waals surface area contributed by atoms with E-state index in [0.29, 0.717) is 5.75 Å². The van der Waals surface area contributed by atoms with Crippen LogP contribution in [0.1, 0.15) is 0 Å². The summed E-state index contributed by atoms with van der Waals surface area (Å²) < 4.78 is 10.1. The van der Waals surface area contributed by atoms with Gasteiger partial charge in [-0.1, -0.05) is 6.07 Å². The Bertz CT molecular complexity index is 350. The molecule has 0 aliphatic carbocycles. The molecule has 16 heavy (non-hydrogen) atoms. The predicted octanol–water partition coefficient (Wildman–Crippen LogP) is 1.35. The number of ketones is 1. The minimum absolute atomic E-state index is 0.0464.